The molecule has 1 aliphatic heterocycles. The predicted octanol–water partition coefficient (Wildman–Crippen LogP) is 2.08. The molecule has 0 aliphatic carbocycles. The van der Waals surface area contributed by atoms with E-state index < -0.39 is 0 Å². The van der Waals surface area contributed by atoms with Crippen LogP contribution in [0.15, 0.2) is 41.1 Å². The highest BCUT2D eigenvalue weighted by molar-refractivity contribution is 5.86. The highest BCUT2D eigenvalue weighted by atomic mass is 16.5. The average Bonchev–Trinajstić information content (AvgIpc) is 3.31. The number of carbonyl (C=O) groups is 1. The van der Waals surface area contributed by atoms with Gasteiger partial charge in [-0.2, -0.15) is 0 Å². The van der Waals surface area contributed by atoms with Gasteiger partial charge in [-0.1, -0.05) is 17.3 Å². The quantitative estimate of drug-likeness (QED) is 0.767. The van der Waals surface area contributed by atoms with Gasteiger partial charge in [0.25, 0.3) is 0 Å². The summed E-state index contributed by atoms with van der Waals surface area (Å²) in [5, 5.41) is 7.75. The van der Waals surface area contributed by atoms with E-state index in [1.54, 1.807) is 6.20 Å². The number of hydrogen-bond acceptors (Lipinski definition) is 6. The van der Waals surface area contributed by atoms with Gasteiger partial charge >= 0.3 is 0 Å². The van der Waals surface area contributed by atoms with Crippen molar-refractivity contribution in [3.8, 4) is 0 Å². The molecule has 0 atom stereocenters. The Morgan fingerprint density at radius 1 is 1.20 bits per heavy atom. The summed E-state index contributed by atoms with van der Waals surface area (Å²) in [6.45, 7) is 2.36. The normalized spacial score (nSPS) is 14.2. The third-order valence-corrected chi connectivity index (χ3v) is 4.34. The van der Waals surface area contributed by atoms with E-state index in [0.717, 1.165) is 30.1 Å². The van der Waals surface area contributed by atoms with Gasteiger partial charge in [0.1, 0.15) is 5.69 Å². The molecule has 1 fully saturated rings. The van der Waals surface area contributed by atoms with E-state index in [9.17, 15) is 4.79 Å². The molecule has 128 valence electrons. The molecule has 0 unspecified atom stereocenters. The largest absolute Gasteiger partial charge is 0.356 e. The Hall–Kier alpha value is -2.96. The number of carbonyl (C=O) groups excluding carboxylic acids is 1. The van der Waals surface area contributed by atoms with Crippen LogP contribution < -0.4 is 10.2 Å². The van der Waals surface area contributed by atoms with Crippen LogP contribution in [0.1, 0.15) is 24.2 Å². The number of benzene rings is 1. The fourth-order valence-electron chi connectivity index (χ4n) is 3.02. The molecule has 7 heteroatoms. The summed E-state index contributed by atoms with van der Waals surface area (Å²) in [6, 6.07) is 9.35. The molecule has 4 rings (SSSR count). The van der Waals surface area contributed by atoms with Gasteiger partial charge in [0.2, 0.25) is 11.9 Å². The summed E-state index contributed by atoms with van der Waals surface area (Å²) in [4.78, 5) is 23.3. The summed E-state index contributed by atoms with van der Waals surface area (Å²) in [6.07, 6.45) is 4.28. The minimum absolute atomic E-state index is 0.111. The summed E-state index contributed by atoms with van der Waals surface area (Å²) >= 11 is 0. The molecule has 0 radical (unpaired) electrons. The number of hydrogen-bond donors (Lipinski definition) is 1. The first-order chi connectivity index (χ1) is 12.3. The topological polar surface area (TPSA) is 84.2 Å². The van der Waals surface area contributed by atoms with Crippen molar-refractivity contribution in [1.29, 1.82) is 0 Å². The Morgan fingerprint density at radius 3 is 2.92 bits per heavy atom. The van der Waals surface area contributed by atoms with Crippen molar-refractivity contribution in [3.05, 3.63) is 47.9 Å². The lowest BCUT2D eigenvalue weighted by atomic mass is 10.1. The fourth-order valence-corrected chi connectivity index (χ4v) is 3.02. The second-order valence-electron chi connectivity index (χ2n) is 6.12. The second kappa shape index (κ2) is 6.88. The second-order valence-corrected chi connectivity index (χ2v) is 6.12. The molecule has 25 heavy (non-hydrogen) atoms. The van der Waals surface area contributed by atoms with Crippen LogP contribution in [-0.4, -0.2) is 34.1 Å². The van der Waals surface area contributed by atoms with Gasteiger partial charge in [0, 0.05) is 24.7 Å². The smallest absolute Gasteiger partial charge is 0.226 e. The van der Waals surface area contributed by atoms with Gasteiger partial charge in [0.05, 0.1) is 18.7 Å². The molecule has 1 aromatic carbocycles. The van der Waals surface area contributed by atoms with E-state index in [1.807, 2.05) is 30.3 Å². The Bertz CT molecular complexity index is 886. The molecule has 0 bridgehead atoms. The van der Waals surface area contributed by atoms with E-state index >= 15 is 0 Å². The van der Waals surface area contributed by atoms with Gasteiger partial charge < -0.3 is 14.7 Å². The van der Waals surface area contributed by atoms with E-state index in [0.29, 0.717) is 17.8 Å². The maximum atomic E-state index is 12.2. The van der Waals surface area contributed by atoms with Crippen LogP contribution >= 0.6 is 0 Å². The zero-order valence-corrected chi connectivity index (χ0v) is 13.8. The Morgan fingerprint density at radius 2 is 2.04 bits per heavy atom. The molecule has 1 amide bonds. The van der Waals surface area contributed by atoms with Crippen molar-refractivity contribution in [2.75, 3.05) is 18.0 Å². The van der Waals surface area contributed by atoms with Gasteiger partial charge in [-0.15, -0.1) is 0 Å². The highest BCUT2D eigenvalue weighted by Gasteiger charge is 2.15. The molecule has 1 N–H and O–H groups in total. The third-order valence-electron chi connectivity index (χ3n) is 4.34. The number of rotatable bonds is 5. The molecule has 1 aliphatic rings. The van der Waals surface area contributed by atoms with Crippen LogP contribution in [0.2, 0.25) is 0 Å². The predicted molar refractivity (Wildman–Crippen MR) is 93.0 cm³/mol. The number of aromatic nitrogens is 3. The van der Waals surface area contributed by atoms with Crippen LogP contribution in [-0.2, 0) is 17.8 Å². The standard InChI is InChI=1S/C18H19N5O2/c24-17(11-15-14-5-1-2-6-16(14)25-22-15)20-12-13-7-8-19-18(21-13)23-9-3-4-10-23/h1-2,5-8H,3-4,9-12H2,(H,20,24). The van der Waals surface area contributed by atoms with E-state index in [2.05, 4.69) is 25.3 Å². The van der Waals surface area contributed by atoms with Gasteiger partial charge in [0.15, 0.2) is 5.58 Å². The number of anilines is 1. The van der Waals surface area contributed by atoms with Crippen LogP contribution in [0.5, 0.6) is 0 Å². The zero-order chi connectivity index (χ0) is 17.1. The molecule has 3 aromatic rings. The first-order valence-corrected chi connectivity index (χ1v) is 8.46. The molecule has 1 saturated heterocycles. The minimum atomic E-state index is -0.111. The van der Waals surface area contributed by atoms with E-state index in [4.69, 9.17) is 4.52 Å². The van der Waals surface area contributed by atoms with Crippen molar-refractivity contribution >= 4 is 22.8 Å². The van der Waals surface area contributed by atoms with Gasteiger partial charge in [-0.05, 0) is 31.0 Å². The first-order valence-electron chi connectivity index (χ1n) is 8.46. The zero-order valence-electron chi connectivity index (χ0n) is 13.8. The lowest BCUT2D eigenvalue weighted by molar-refractivity contribution is -0.120. The van der Waals surface area contributed by atoms with E-state index in [-0.39, 0.29) is 12.3 Å². The molecular weight excluding hydrogens is 318 g/mol. The Kier molecular flexibility index (Phi) is 4.28. The molecule has 0 spiro atoms. The number of amides is 1. The summed E-state index contributed by atoms with van der Waals surface area (Å²) in [7, 11) is 0. The highest BCUT2D eigenvalue weighted by Crippen LogP contribution is 2.18. The SMILES string of the molecule is O=C(Cc1noc2ccccc12)NCc1ccnc(N2CCCC2)n1. The Balaban J connectivity index is 1.38. The molecule has 2 aromatic heterocycles. The molecule has 3 heterocycles. The number of para-hydroxylation sites is 1. The summed E-state index contributed by atoms with van der Waals surface area (Å²) in [5.74, 6) is 0.632. The monoisotopic (exact) mass is 337 g/mol. The molecular formula is C18H19N5O2. The summed E-state index contributed by atoms with van der Waals surface area (Å²) < 4.78 is 5.23. The van der Waals surface area contributed by atoms with Crippen molar-refractivity contribution in [2.24, 2.45) is 0 Å². The molecule has 7 nitrogen and oxygen atoms in total. The number of nitrogens with one attached hydrogen (secondary N) is 1. The van der Waals surface area contributed by atoms with Crippen molar-refractivity contribution in [1.82, 2.24) is 20.4 Å². The van der Waals surface area contributed by atoms with E-state index in [1.165, 1.54) is 12.8 Å². The van der Waals surface area contributed by atoms with Gasteiger partial charge in [-0.3, -0.25) is 4.79 Å². The van der Waals surface area contributed by atoms with Crippen LogP contribution in [0.4, 0.5) is 5.95 Å². The van der Waals surface area contributed by atoms with Crippen molar-refractivity contribution in [2.45, 2.75) is 25.8 Å². The van der Waals surface area contributed by atoms with Crippen LogP contribution in [0, 0.1) is 0 Å². The minimum Gasteiger partial charge on any atom is -0.356 e. The van der Waals surface area contributed by atoms with Crippen LogP contribution in [0.3, 0.4) is 0 Å². The number of nitrogens with zero attached hydrogens (tertiary/aromatic N) is 4. The molecule has 0 saturated carbocycles. The lowest BCUT2D eigenvalue weighted by Gasteiger charge is -2.15. The summed E-state index contributed by atoms with van der Waals surface area (Å²) in [5.41, 5.74) is 2.14. The van der Waals surface area contributed by atoms with Crippen molar-refractivity contribution in [3.63, 3.8) is 0 Å². The third kappa shape index (κ3) is 3.45. The first kappa shape index (κ1) is 15.6. The fraction of sp³-hybridized carbons (Fsp3) is 0.333. The van der Waals surface area contributed by atoms with Gasteiger partial charge in [-0.25, -0.2) is 9.97 Å². The maximum absolute atomic E-state index is 12.2. The van der Waals surface area contributed by atoms with Crippen molar-refractivity contribution < 1.29 is 9.32 Å². The van der Waals surface area contributed by atoms with Crippen LogP contribution in [0.25, 0.3) is 11.0 Å². The average molecular weight is 337 g/mol. The number of fused-ring (bicyclic) bond motifs is 1. The lowest BCUT2D eigenvalue weighted by Crippen LogP contribution is -2.26. The Labute approximate surface area is 145 Å². The maximum Gasteiger partial charge on any atom is 0.226 e.